The van der Waals surface area contributed by atoms with E-state index in [-0.39, 0.29) is 11.9 Å². The summed E-state index contributed by atoms with van der Waals surface area (Å²) in [6, 6.07) is 0.151. The summed E-state index contributed by atoms with van der Waals surface area (Å²) in [5.74, 6) is 0.507. The summed E-state index contributed by atoms with van der Waals surface area (Å²) in [6.07, 6.45) is 4.35. The molecule has 2 aliphatic rings. The number of likely N-dealkylation sites (tertiary alicyclic amines) is 1. The second-order valence-electron chi connectivity index (χ2n) is 6.51. The number of hydrogen-bond acceptors (Lipinski definition) is 4. The van der Waals surface area contributed by atoms with Gasteiger partial charge in [-0.25, -0.2) is 8.42 Å². The molecule has 0 bridgehead atoms. The Bertz CT molecular complexity index is 472. The number of nitrogens with two attached hydrogens (primary N) is 1. The molecular formula is C13H24N2O3S. The van der Waals surface area contributed by atoms with Gasteiger partial charge in [-0.05, 0) is 38.5 Å². The maximum Gasteiger partial charge on any atom is 0.243 e. The average molecular weight is 288 g/mol. The molecule has 110 valence electrons. The van der Waals surface area contributed by atoms with Gasteiger partial charge in [0.1, 0.15) is 4.75 Å². The molecule has 0 aromatic rings. The molecule has 1 saturated carbocycles. The summed E-state index contributed by atoms with van der Waals surface area (Å²) < 4.78 is 22.2. The zero-order chi connectivity index (χ0) is 14.4. The van der Waals surface area contributed by atoms with Crippen LogP contribution in [0.25, 0.3) is 0 Å². The van der Waals surface area contributed by atoms with E-state index in [0.29, 0.717) is 24.9 Å². The molecule has 0 radical (unpaired) electrons. The topological polar surface area (TPSA) is 80.5 Å². The molecule has 1 saturated heterocycles. The average Bonchev–Trinajstić information content (AvgIpc) is 2.71. The van der Waals surface area contributed by atoms with E-state index in [0.717, 1.165) is 25.5 Å². The monoisotopic (exact) mass is 288 g/mol. The molecule has 1 aliphatic carbocycles. The first-order chi connectivity index (χ1) is 8.64. The van der Waals surface area contributed by atoms with Crippen LogP contribution in [0.15, 0.2) is 0 Å². The third-order valence-corrected chi connectivity index (χ3v) is 6.91. The number of nitrogens with zero attached hydrogens (tertiary/aromatic N) is 1. The Balaban J connectivity index is 2.15. The van der Waals surface area contributed by atoms with Crippen LogP contribution in [0.2, 0.25) is 0 Å². The van der Waals surface area contributed by atoms with Gasteiger partial charge in [0.2, 0.25) is 5.91 Å². The van der Waals surface area contributed by atoms with Gasteiger partial charge < -0.3 is 10.6 Å². The van der Waals surface area contributed by atoms with Crippen LogP contribution >= 0.6 is 0 Å². The van der Waals surface area contributed by atoms with E-state index in [1.165, 1.54) is 13.8 Å². The third-order valence-electron chi connectivity index (χ3n) is 4.88. The molecule has 1 heterocycles. The molecule has 19 heavy (non-hydrogen) atoms. The summed E-state index contributed by atoms with van der Waals surface area (Å²) in [5, 5.41) is 0. The molecular weight excluding hydrogens is 264 g/mol. The lowest BCUT2D eigenvalue weighted by atomic mass is 9.78. The molecule has 2 N–H and O–H groups in total. The first kappa shape index (κ1) is 14.8. The number of carbonyl (C=O) groups excluding carboxylic acids is 1. The number of rotatable bonds is 2. The molecule has 0 aromatic carbocycles. The van der Waals surface area contributed by atoms with Crippen LogP contribution in [-0.4, -0.2) is 49.4 Å². The lowest BCUT2D eigenvalue weighted by molar-refractivity contribution is -0.132. The Morgan fingerprint density at radius 3 is 2.42 bits per heavy atom. The SMILES string of the molecule is CC(C)(C(=O)N1CC2CCCC(N)C2C1)S(C)(=O)=O. The Kier molecular flexibility index (Phi) is 3.68. The van der Waals surface area contributed by atoms with Crippen molar-refractivity contribution >= 4 is 15.7 Å². The van der Waals surface area contributed by atoms with Crippen molar-refractivity contribution in [2.24, 2.45) is 17.6 Å². The molecule has 1 amide bonds. The minimum atomic E-state index is -3.41. The summed E-state index contributed by atoms with van der Waals surface area (Å²) in [4.78, 5) is 14.2. The highest BCUT2D eigenvalue weighted by atomic mass is 32.2. The van der Waals surface area contributed by atoms with Crippen molar-refractivity contribution in [1.29, 1.82) is 0 Å². The van der Waals surface area contributed by atoms with Gasteiger partial charge in [0, 0.05) is 25.4 Å². The third kappa shape index (κ3) is 2.52. The fourth-order valence-corrected chi connectivity index (χ4v) is 3.67. The Hall–Kier alpha value is -0.620. The Morgan fingerprint density at radius 1 is 1.26 bits per heavy atom. The number of amides is 1. The van der Waals surface area contributed by atoms with E-state index in [1.54, 1.807) is 4.90 Å². The van der Waals surface area contributed by atoms with E-state index >= 15 is 0 Å². The molecule has 2 fully saturated rings. The Labute approximate surface area is 115 Å². The van der Waals surface area contributed by atoms with Gasteiger partial charge in [0.25, 0.3) is 0 Å². The molecule has 5 nitrogen and oxygen atoms in total. The lowest BCUT2D eigenvalue weighted by Crippen LogP contribution is -2.49. The van der Waals surface area contributed by atoms with Gasteiger partial charge >= 0.3 is 0 Å². The second-order valence-corrected chi connectivity index (χ2v) is 9.08. The minimum Gasteiger partial charge on any atom is -0.341 e. The van der Waals surface area contributed by atoms with Crippen molar-refractivity contribution in [1.82, 2.24) is 4.90 Å². The van der Waals surface area contributed by atoms with Crippen LogP contribution in [0.5, 0.6) is 0 Å². The molecule has 0 spiro atoms. The van der Waals surface area contributed by atoms with Crippen LogP contribution in [0.3, 0.4) is 0 Å². The molecule has 3 unspecified atom stereocenters. The predicted octanol–water partition coefficient (Wildman–Crippen LogP) is 0.395. The van der Waals surface area contributed by atoms with Crippen LogP contribution in [-0.2, 0) is 14.6 Å². The summed E-state index contributed by atoms with van der Waals surface area (Å²) in [5.41, 5.74) is 6.12. The summed E-state index contributed by atoms with van der Waals surface area (Å²) in [7, 11) is -3.41. The second kappa shape index (κ2) is 4.74. The van der Waals surface area contributed by atoms with Crippen LogP contribution in [0.4, 0.5) is 0 Å². The van der Waals surface area contributed by atoms with Gasteiger partial charge in [0.05, 0.1) is 0 Å². The van der Waals surface area contributed by atoms with E-state index in [2.05, 4.69) is 0 Å². The molecule has 1 aliphatic heterocycles. The van der Waals surface area contributed by atoms with Gasteiger partial charge in [-0.15, -0.1) is 0 Å². The van der Waals surface area contributed by atoms with E-state index < -0.39 is 14.6 Å². The summed E-state index contributed by atoms with van der Waals surface area (Å²) in [6.45, 7) is 4.26. The molecule has 2 rings (SSSR count). The smallest absolute Gasteiger partial charge is 0.243 e. The van der Waals surface area contributed by atoms with Crippen LogP contribution < -0.4 is 5.73 Å². The largest absolute Gasteiger partial charge is 0.341 e. The highest BCUT2D eigenvalue weighted by Crippen LogP contribution is 2.36. The van der Waals surface area contributed by atoms with Crippen molar-refractivity contribution in [2.45, 2.75) is 43.9 Å². The number of carbonyl (C=O) groups is 1. The van der Waals surface area contributed by atoms with Gasteiger partial charge in [-0.2, -0.15) is 0 Å². The standard InChI is InChI=1S/C13H24N2O3S/c1-13(2,19(3,17)18)12(16)15-7-9-5-4-6-11(14)10(9)8-15/h9-11H,4-8,14H2,1-3H3. The predicted molar refractivity (Wildman–Crippen MR) is 74.3 cm³/mol. The molecule has 0 aromatic heterocycles. The van der Waals surface area contributed by atoms with E-state index in [1.807, 2.05) is 0 Å². The zero-order valence-electron chi connectivity index (χ0n) is 11.9. The fraction of sp³-hybridized carbons (Fsp3) is 0.923. The van der Waals surface area contributed by atoms with Crippen molar-refractivity contribution < 1.29 is 13.2 Å². The van der Waals surface area contributed by atoms with Gasteiger partial charge in [-0.3, -0.25) is 4.79 Å². The van der Waals surface area contributed by atoms with Gasteiger partial charge in [0.15, 0.2) is 9.84 Å². The lowest BCUT2D eigenvalue weighted by Gasteiger charge is -2.29. The molecule has 6 heteroatoms. The molecule has 3 atom stereocenters. The number of hydrogen-bond donors (Lipinski definition) is 1. The Morgan fingerprint density at radius 2 is 1.89 bits per heavy atom. The highest BCUT2D eigenvalue weighted by Gasteiger charge is 2.47. The normalized spacial score (nSPS) is 32.2. The maximum atomic E-state index is 12.5. The van der Waals surface area contributed by atoms with Crippen LogP contribution in [0.1, 0.15) is 33.1 Å². The van der Waals surface area contributed by atoms with E-state index in [9.17, 15) is 13.2 Å². The van der Waals surface area contributed by atoms with Gasteiger partial charge in [-0.1, -0.05) is 6.42 Å². The zero-order valence-corrected chi connectivity index (χ0v) is 12.7. The van der Waals surface area contributed by atoms with Crippen molar-refractivity contribution in [3.63, 3.8) is 0 Å². The minimum absolute atomic E-state index is 0.151. The van der Waals surface area contributed by atoms with E-state index in [4.69, 9.17) is 5.73 Å². The van der Waals surface area contributed by atoms with Crippen molar-refractivity contribution in [2.75, 3.05) is 19.3 Å². The van der Waals surface area contributed by atoms with Crippen molar-refractivity contribution in [3.05, 3.63) is 0 Å². The van der Waals surface area contributed by atoms with Crippen molar-refractivity contribution in [3.8, 4) is 0 Å². The summed E-state index contributed by atoms with van der Waals surface area (Å²) >= 11 is 0. The number of fused-ring (bicyclic) bond motifs is 1. The first-order valence-electron chi connectivity index (χ1n) is 6.89. The quantitative estimate of drug-likeness (QED) is 0.797. The fourth-order valence-electron chi connectivity index (χ4n) is 3.22. The maximum absolute atomic E-state index is 12.5. The number of sulfone groups is 1. The highest BCUT2D eigenvalue weighted by molar-refractivity contribution is 7.92. The van der Waals surface area contributed by atoms with Crippen LogP contribution in [0, 0.1) is 11.8 Å². The first-order valence-corrected chi connectivity index (χ1v) is 8.78.